The number of hydrogen-bond donors (Lipinski definition) is 2. The molecule has 138 valence electrons. The fourth-order valence-corrected chi connectivity index (χ4v) is 3.25. The van der Waals surface area contributed by atoms with Gasteiger partial charge < -0.3 is 15.5 Å². The van der Waals surface area contributed by atoms with E-state index in [0.717, 1.165) is 45.0 Å². The lowest BCUT2D eigenvalue weighted by molar-refractivity contribution is -0.121. The van der Waals surface area contributed by atoms with Crippen LogP contribution in [-0.4, -0.2) is 50.0 Å². The van der Waals surface area contributed by atoms with Crippen LogP contribution < -0.4 is 10.6 Å². The summed E-state index contributed by atoms with van der Waals surface area (Å²) in [5.74, 6) is 2.04. The van der Waals surface area contributed by atoms with Crippen molar-refractivity contribution in [3.8, 4) is 0 Å². The highest BCUT2D eigenvalue weighted by molar-refractivity contribution is 5.80. The van der Waals surface area contributed by atoms with Gasteiger partial charge in [0, 0.05) is 45.6 Å². The van der Waals surface area contributed by atoms with Crippen molar-refractivity contribution in [3.05, 3.63) is 35.9 Å². The van der Waals surface area contributed by atoms with Crippen molar-refractivity contribution in [2.45, 2.75) is 39.0 Å². The Balaban J connectivity index is 1.91. The number of nitrogens with zero attached hydrogens (tertiary/aromatic N) is 2. The third kappa shape index (κ3) is 6.07. The summed E-state index contributed by atoms with van der Waals surface area (Å²) in [6.07, 6.45) is 2.74. The summed E-state index contributed by atoms with van der Waals surface area (Å²) in [6.45, 7) is 7.91. The van der Waals surface area contributed by atoms with Gasteiger partial charge in [-0.15, -0.1) is 0 Å². The molecule has 1 heterocycles. The maximum Gasteiger partial charge on any atom is 0.220 e. The summed E-state index contributed by atoms with van der Waals surface area (Å²) >= 11 is 0. The molecule has 0 bridgehead atoms. The first-order chi connectivity index (χ1) is 12.1. The number of nitrogens with one attached hydrogen (secondary N) is 2. The molecule has 1 saturated heterocycles. The van der Waals surface area contributed by atoms with Crippen LogP contribution in [0.1, 0.15) is 44.6 Å². The Bertz CT molecular complexity index is 550. The highest BCUT2D eigenvalue weighted by Gasteiger charge is 2.23. The zero-order valence-electron chi connectivity index (χ0n) is 15.8. The predicted molar refractivity (Wildman–Crippen MR) is 104 cm³/mol. The predicted octanol–water partition coefficient (Wildman–Crippen LogP) is 2.60. The van der Waals surface area contributed by atoms with Crippen LogP contribution in [-0.2, 0) is 4.79 Å². The van der Waals surface area contributed by atoms with E-state index in [9.17, 15) is 4.79 Å². The molecular formula is C20H32N4O. The second-order valence-corrected chi connectivity index (χ2v) is 6.81. The van der Waals surface area contributed by atoms with Crippen LogP contribution >= 0.6 is 0 Å². The van der Waals surface area contributed by atoms with E-state index in [1.807, 2.05) is 6.07 Å². The summed E-state index contributed by atoms with van der Waals surface area (Å²) in [7, 11) is 1.71. The van der Waals surface area contributed by atoms with E-state index < -0.39 is 0 Å². The first-order valence-electron chi connectivity index (χ1n) is 9.42. The molecule has 1 unspecified atom stereocenters. The Hall–Kier alpha value is -2.04. The van der Waals surface area contributed by atoms with E-state index in [1.165, 1.54) is 5.56 Å². The normalized spacial score (nSPS) is 17.2. The van der Waals surface area contributed by atoms with E-state index >= 15 is 0 Å². The standard InChI is InChI=1S/C20H32N4O/c1-4-22-20(23-15-16(2)18-8-6-5-7-9-18)24-12-10-17(11-13-24)14-19(25)21-3/h5-9,16-17H,4,10-15H2,1-3H3,(H,21,25)(H,22,23). The molecule has 1 aromatic carbocycles. The van der Waals surface area contributed by atoms with Crippen molar-refractivity contribution in [1.29, 1.82) is 0 Å². The monoisotopic (exact) mass is 344 g/mol. The van der Waals surface area contributed by atoms with Gasteiger partial charge in [-0.3, -0.25) is 9.79 Å². The SMILES string of the molecule is CCNC(=NCC(C)c1ccccc1)N1CCC(CC(=O)NC)CC1. The quantitative estimate of drug-likeness (QED) is 0.616. The maximum atomic E-state index is 11.5. The molecule has 1 aromatic rings. The molecule has 25 heavy (non-hydrogen) atoms. The van der Waals surface area contributed by atoms with Crippen LogP contribution in [0.4, 0.5) is 0 Å². The van der Waals surface area contributed by atoms with Gasteiger partial charge in [0.15, 0.2) is 5.96 Å². The average Bonchev–Trinajstić information content (AvgIpc) is 2.66. The number of carbonyl (C=O) groups is 1. The maximum absolute atomic E-state index is 11.5. The Morgan fingerprint density at radius 3 is 2.56 bits per heavy atom. The van der Waals surface area contributed by atoms with Crippen molar-refractivity contribution in [2.24, 2.45) is 10.9 Å². The van der Waals surface area contributed by atoms with Crippen LogP contribution in [0.3, 0.4) is 0 Å². The van der Waals surface area contributed by atoms with E-state index in [-0.39, 0.29) is 5.91 Å². The van der Waals surface area contributed by atoms with Crippen LogP contribution in [0.25, 0.3) is 0 Å². The molecule has 0 radical (unpaired) electrons. The van der Waals surface area contributed by atoms with Crippen molar-refractivity contribution in [3.63, 3.8) is 0 Å². The van der Waals surface area contributed by atoms with E-state index in [4.69, 9.17) is 4.99 Å². The molecule has 1 aliphatic heterocycles. The number of carbonyl (C=O) groups excluding carboxylic acids is 1. The summed E-state index contributed by atoms with van der Waals surface area (Å²) in [6, 6.07) is 10.5. The van der Waals surface area contributed by atoms with Gasteiger partial charge in [0.1, 0.15) is 0 Å². The highest BCUT2D eigenvalue weighted by Crippen LogP contribution is 2.21. The first-order valence-corrected chi connectivity index (χ1v) is 9.42. The minimum Gasteiger partial charge on any atom is -0.359 e. The topological polar surface area (TPSA) is 56.7 Å². The van der Waals surface area contributed by atoms with E-state index in [2.05, 4.69) is 53.6 Å². The largest absolute Gasteiger partial charge is 0.359 e. The molecule has 2 N–H and O–H groups in total. The fraction of sp³-hybridized carbons (Fsp3) is 0.600. The minimum absolute atomic E-state index is 0.149. The minimum atomic E-state index is 0.149. The fourth-order valence-electron chi connectivity index (χ4n) is 3.25. The van der Waals surface area contributed by atoms with Crippen LogP contribution in [0, 0.1) is 5.92 Å². The molecule has 1 amide bonds. The van der Waals surface area contributed by atoms with E-state index in [1.54, 1.807) is 7.05 Å². The number of aliphatic imine (C=N–C) groups is 1. The zero-order valence-corrected chi connectivity index (χ0v) is 15.8. The van der Waals surface area contributed by atoms with Gasteiger partial charge in [-0.25, -0.2) is 0 Å². The second kappa shape index (κ2) is 10.1. The summed E-state index contributed by atoms with van der Waals surface area (Å²) in [5, 5.41) is 6.15. The van der Waals surface area contributed by atoms with Crippen molar-refractivity contribution < 1.29 is 4.79 Å². The molecule has 1 atom stereocenters. The Morgan fingerprint density at radius 2 is 1.96 bits per heavy atom. The van der Waals surface area contributed by atoms with Gasteiger partial charge in [-0.05, 0) is 31.2 Å². The third-order valence-electron chi connectivity index (χ3n) is 4.89. The number of rotatable bonds is 6. The molecule has 1 fully saturated rings. The van der Waals surface area contributed by atoms with Gasteiger partial charge >= 0.3 is 0 Å². The van der Waals surface area contributed by atoms with Crippen molar-refractivity contribution >= 4 is 11.9 Å². The molecular weight excluding hydrogens is 312 g/mol. The Labute approximate surface area is 151 Å². The molecule has 0 spiro atoms. The van der Waals surface area contributed by atoms with Gasteiger partial charge in [-0.2, -0.15) is 0 Å². The lowest BCUT2D eigenvalue weighted by atomic mass is 9.93. The Morgan fingerprint density at radius 1 is 1.28 bits per heavy atom. The average molecular weight is 345 g/mol. The molecule has 1 aliphatic rings. The van der Waals surface area contributed by atoms with Crippen molar-refractivity contribution in [2.75, 3.05) is 33.2 Å². The number of amides is 1. The van der Waals surface area contributed by atoms with Gasteiger partial charge in [0.2, 0.25) is 5.91 Å². The van der Waals surface area contributed by atoms with Gasteiger partial charge in [-0.1, -0.05) is 37.3 Å². The molecule has 5 heteroatoms. The third-order valence-corrected chi connectivity index (χ3v) is 4.89. The van der Waals surface area contributed by atoms with E-state index in [0.29, 0.717) is 18.3 Å². The van der Waals surface area contributed by atoms with Crippen molar-refractivity contribution in [1.82, 2.24) is 15.5 Å². The van der Waals surface area contributed by atoms with Gasteiger partial charge in [0.05, 0.1) is 0 Å². The Kier molecular flexibility index (Phi) is 7.76. The number of hydrogen-bond acceptors (Lipinski definition) is 2. The lowest BCUT2D eigenvalue weighted by Gasteiger charge is -2.34. The highest BCUT2D eigenvalue weighted by atomic mass is 16.1. The summed E-state index contributed by atoms with van der Waals surface area (Å²) in [4.78, 5) is 18.8. The molecule has 0 aliphatic carbocycles. The molecule has 5 nitrogen and oxygen atoms in total. The van der Waals surface area contributed by atoms with Crippen LogP contribution in [0.5, 0.6) is 0 Å². The second-order valence-electron chi connectivity index (χ2n) is 6.81. The van der Waals surface area contributed by atoms with Gasteiger partial charge in [0.25, 0.3) is 0 Å². The number of benzene rings is 1. The molecule has 0 saturated carbocycles. The summed E-state index contributed by atoms with van der Waals surface area (Å²) < 4.78 is 0. The molecule has 2 rings (SSSR count). The number of piperidine rings is 1. The smallest absolute Gasteiger partial charge is 0.220 e. The van der Waals surface area contributed by atoms with Crippen LogP contribution in [0.2, 0.25) is 0 Å². The molecule has 0 aromatic heterocycles. The first kappa shape index (κ1) is 19.3. The zero-order chi connectivity index (χ0) is 18.1. The summed E-state index contributed by atoms with van der Waals surface area (Å²) in [5.41, 5.74) is 1.33. The lowest BCUT2D eigenvalue weighted by Crippen LogP contribution is -2.46. The van der Waals surface area contributed by atoms with Crippen LogP contribution in [0.15, 0.2) is 35.3 Å². The number of likely N-dealkylation sites (tertiary alicyclic amines) is 1. The number of guanidine groups is 1.